The number of carbonyl (C=O) groups excluding carboxylic acids is 2. The molecule has 4 nitrogen and oxygen atoms in total. The molecule has 0 aromatic heterocycles. The van der Waals surface area contributed by atoms with Crippen LogP contribution < -0.4 is 0 Å². The van der Waals surface area contributed by atoms with Crippen molar-refractivity contribution in [3.63, 3.8) is 0 Å². The summed E-state index contributed by atoms with van der Waals surface area (Å²) in [4.78, 5) is 23.0. The summed E-state index contributed by atoms with van der Waals surface area (Å²) < 4.78 is 0. The van der Waals surface area contributed by atoms with E-state index in [2.05, 4.69) is 24.3 Å². The number of carbonyl (C=O) groups is 2. The second kappa shape index (κ2) is 16.3. The maximum atomic E-state index is 11.5. The first-order valence-electron chi connectivity index (χ1n) is 12.3. The Balaban J connectivity index is -0.000000444. The van der Waals surface area contributed by atoms with Crippen LogP contribution in [0, 0.1) is 21.7 Å². The summed E-state index contributed by atoms with van der Waals surface area (Å²) in [7, 11) is 0. The molecule has 0 heterocycles. The topological polar surface area (TPSA) is 74.6 Å². The number of hydrogen-bond donors (Lipinski definition) is 2. The van der Waals surface area contributed by atoms with Crippen molar-refractivity contribution < 1.29 is 39.3 Å². The van der Waals surface area contributed by atoms with E-state index in [1.165, 1.54) is 37.8 Å². The van der Waals surface area contributed by atoms with Crippen LogP contribution in [0.2, 0.25) is 0 Å². The predicted molar refractivity (Wildman–Crippen MR) is 146 cm³/mol. The first-order chi connectivity index (χ1) is 15.1. The van der Waals surface area contributed by atoms with E-state index in [1.807, 2.05) is 83.1 Å². The van der Waals surface area contributed by atoms with Crippen LogP contribution in [-0.4, -0.2) is 21.8 Å². The van der Waals surface area contributed by atoms with Gasteiger partial charge >= 0.3 is 0 Å². The van der Waals surface area contributed by atoms with Gasteiger partial charge in [0.15, 0.2) is 11.6 Å². The molecule has 1 aliphatic rings. The van der Waals surface area contributed by atoms with E-state index in [4.69, 9.17) is 0 Å². The molecule has 35 heavy (non-hydrogen) atoms. The first kappa shape index (κ1) is 38.1. The van der Waals surface area contributed by atoms with Crippen LogP contribution in [0.25, 0.3) is 0 Å². The molecule has 2 N–H and O–H groups in total. The van der Waals surface area contributed by atoms with Crippen molar-refractivity contribution in [3.8, 4) is 0 Å². The number of aliphatic hydroxyl groups excluding tert-OH is 2. The van der Waals surface area contributed by atoms with Gasteiger partial charge in [-0.15, -0.1) is 0 Å². The van der Waals surface area contributed by atoms with Gasteiger partial charge in [0, 0.05) is 53.3 Å². The minimum absolute atomic E-state index is 0. The monoisotopic (exact) mass is 578 g/mol. The molecular formula is C30H52O4Ru. The third kappa shape index (κ3) is 20.4. The van der Waals surface area contributed by atoms with E-state index >= 15 is 0 Å². The summed E-state index contributed by atoms with van der Waals surface area (Å²) >= 11 is 0. The Morgan fingerprint density at radius 2 is 0.714 bits per heavy atom. The SMILES string of the molecule is C1=C\CC/C=C\CC/1.CC(C)(C)C(=O)/C=C(/O)C(C)(C)C.CC(C)(C)C(=O)/C=C(/O)C(C)(C)C.[Ru]. The minimum atomic E-state index is -0.417. The fourth-order valence-corrected chi connectivity index (χ4v) is 1.97. The standard InChI is InChI=1S/2C11H20O2.C8H12.Ru/c2*1-10(2,3)8(12)7-9(13)11(4,5)6;1-2-4-6-8-7-5-3-1;/h2*7,12H,1-6H3;1-2,7-8H,3-6H2;/b2*8-7+;2-1-,8-7-;. The Bertz CT molecular complexity index is 678. The molecule has 0 saturated heterocycles. The molecule has 1 aliphatic carbocycles. The molecule has 0 atom stereocenters. The van der Waals surface area contributed by atoms with Gasteiger partial charge in [-0.1, -0.05) is 107 Å². The van der Waals surface area contributed by atoms with Crippen LogP contribution in [0.1, 0.15) is 109 Å². The molecular weight excluding hydrogens is 525 g/mol. The van der Waals surface area contributed by atoms with Gasteiger partial charge in [-0.05, 0) is 25.7 Å². The van der Waals surface area contributed by atoms with E-state index in [-0.39, 0.29) is 53.4 Å². The fraction of sp³-hybridized carbons (Fsp3) is 0.667. The van der Waals surface area contributed by atoms with E-state index < -0.39 is 10.8 Å². The van der Waals surface area contributed by atoms with Crippen LogP contribution in [0.4, 0.5) is 0 Å². The molecule has 0 unspecified atom stereocenters. The van der Waals surface area contributed by atoms with Crippen LogP contribution in [0.5, 0.6) is 0 Å². The minimum Gasteiger partial charge on any atom is -0.512 e. The molecule has 0 spiro atoms. The number of rotatable bonds is 2. The zero-order valence-corrected chi connectivity index (χ0v) is 26.1. The number of hydrogen-bond acceptors (Lipinski definition) is 4. The molecule has 0 saturated carbocycles. The normalized spacial score (nSPS) is 17.1. The molecule has 0 aliphatic heterocycles. The molecule has 1 rings (SSSR count). The number of ketones is 2. The third-order valence-electron chi connectivity index (χ3n) is 4.88. The van der Waals surface area contributed by atoms with Crippen molar-refractivity contribution in [1.29, 1.82) is 0 Å². The summed E-state index contributed by atoms with van der Waals surface area (Å²) in [6, 6.07) is 0. The largest absolute Gasteiger partial charge is 0.512 e. The van der Waals surface area contributed by atoms with Crippen LogP contribution >= 0.6 is 0 Å². The van der Waals surface area contributed by atoms with Crippen LogP contribution in [0.15, 0.2) is 48.0 Å². The third-order valence-corrected chi connectivity index (χ3v) is 4.88. The molecule has 0 aromatic carbocycles. The molecule has 0 amide bonds. The molecule has 204 valence electrons. The van der Waals surface area contributed by atoms with Gasteiger partial charge < -0.3 is 10.2 Å². The van der Waals surface area contributed by atoms with Crippen molar-refractivity contribution in [2.45, 2.75) is 109 Å². The smallest absolute Gasteiger partial charge is 0.164 e. The number of aliphatic hydroxyl groups is 2. The predicted octanol–water partition coefficient (Wildman–Crippen LogP) is 8.85. The summed E-state index contributed by atoms with van der Waals surface area (Å²) in [5.41, 5.74) is -1.53. The van der Waals surface area contributed by atoms with Gasteiger partial charge in [0.2, 0.25) is 0 Å². The van der Waals surface area contributed by atoms with Gasteiger partial charge in [-0.3, -0.25) is 9.59 Å². The summed E-state index contributed by atoms with van der Waals surface area (Å²) in [5, 5.41) is 19.1. The maximum Gasteiger partial charge on any atom is 0.164 e. The maximum absolute atomic E-state index is 11.5. The van der Waals surface area contributed by atoms with E-state index in [0.717, 1.165) is 0 Å². The summed E-state index contributed by atoms with van der Waals surface area (Å²) in [6.07, 6.45) is 16.7. The molecule has 5 heteroatoms. The Hall–Kier alpha value is -1.48. The van der Waals surface area contributed by atoms with Crippen molar-refractivity contribution >= 4 is 11.6 Å². The number of allylic oxidation sites excluding steroid dienone is 8. The van der Waals surface area contributed by atoms with E-state index in [1.54, 1.807) is 0 Å². The quantitative estimate of drug-likeness (QED) is 0.149. The molecule has 0 radical (unpaired) electrons. The van der Waals surface area contributed by atoms with Crippen LogP contribution in [0.3, 0.4) is 0 Å². The molecule has 0 fully saturated rings. The van der Waals surface area contributed by atoms with Crippen molar-refractivity contribution in [2.75, 3.05) is 0 Å². The zero-order valence-electron chi connectivity index (χ0n) is 24.4. The van der Waals surface area contributed by atoms with Crippen molar-refractivity contribution in [2.24, 2.45) is 21.7 Å². The Morgan fingerprint density at radius 1 is 0.514 bits per heavy atom. The molecule has 0 aromatic rings. The Morgan fingerprint density at radius 3 is 0.857 bits per heavy atom. The van der Waals surface area contributed by atoms with E-state index in [0.29, 0.717) is 0 Å². The van der Waals surface area contributed by atoms with Crippen molar-refractivity contribution in [1.82, 2.24) is 0 Å². The molecule has 0 bridgehead atoms. The first-order valence-corrected chi connectivity index (χ1v) is 12.3. The second-order valence-corrected chi connectivity index (χ2v) is 12.9. The van der Waals surface area contributed by atoms with Gasteiger partial charge in [-0.25, -0.2) is 0 Å². The Labute approximate surface area is 228 Å². The fourth-order valence-electron chi connectivity index (χ4n) is 1.97. The average molecular weight is 578 g/mol. The van der Waals surface area contributed by atoms with Gasteiger partial charge in [-0.2, -0.15) is 0 Å². The summed E-state index contributed by atoms with van der Waals surface area (Å²) in [5.74, 6) is 0.208. The van der Waals surface area contributed by atoms with Crippen LogP contribution in [-0.2, 0) is 29.1 Å². The zero-order chi connectivity index (χ0) is 27.4. The van der Waals surface area contributed by atoms with Gasteiger partial charge in [0.1, 0.15) is 11.5 Å². The van der Waals surface area contributed by atoms with Gasteiger partial charge in [0.05, 0.1) is 0 Å². The van der Waals surface area contributed by atoms with Gasteiger partial charge in [0.25, 0.3) is 0 Å². The average Bonchev–Trinajstić information content (AvgIpc) is 2.58. The Kier molecular flexibility index (Phi) is 17.7. The second-order valence-electron chi connectivity index (χ2n) is 12.9. The summed E-state index contributed by atoms with van der Waals surface area (Å²) in [6.45, 7) is 22.2. The van der Waals surface area contributed by atoms with E-state index in [9.17, 15) is 19.8 Å². The van der Waals surface area contributed by atoms with Crippen molar-refractivity contribution in [3.05, 3.63) is 48.0 Å².